The second-order valence-electron chi connectivity index (χ2n) is 6.54. The summed E-state index contributed by atoms with van der Waals surface area (Å²) in [6.07, 6.45) is 0.386. The summed E-state index contributed by atoms with van der Waals surface area (Å²) in [7, 11) is 1.82. The van der Waals surface area contributed by atoms with Gasteiger partial charge in [0, 0.05) is 45.0 Å². The van der Waals surface area contributed by atoms with Crippen molar-refractivity contribution in [3.05, 3.63) is 47.2 Å². The minimum atomic E-state index is -0.610. The molecule has 0 fully saturated rings. The molecule has 1 aromatic carbocycles. The molecule has 0 saturated carbocycles. The number of β-amino-alcohol motifs (C(OH)–C–C–N with tert-alkyl or cyclic N) is 1. The Bertz CT molecular complexity index is 723. The van der Waals surface area contributed by atoms with Gasteiger partial charge in [-0.25, -0.2) is 4.79 Å². The van der Waals surface area contributed by atoms with E-state index in [1.54, 1.807) is 10.7 Å². The quantitative estimate of drug-likeness (QED) is 0.764. The summed E-state index contributed by atoms with van der Waals surface area (Å²) >= 11 is 0. The summed E-state index contributed by atoms with van der Waals surface area (Å²) in [6.45, 7) is 4.42. The Hall–Kier alpha value is -2.38. The third kappa shape index (κ3) is 4.58. The number of hydrogen-bond donors (Lipinski definition) is 3. The van der Waals surface area contributed by atoms with E-state index < -0.39 is 6.10 Å². The molecule has 3 N–H and O–H groups in total. The molecule has 134 valence electrons. The highest BCUT2D eigenvalue weighted by molar-refractivity contribution is 5.88. The molecule has 7 heteroatoms. The first-order valence-electron chi connectivity index (χ1n) is 8.54. The Labute approximate surface area is 147 Å². The Morgan fingerprint density at radius 2 is 2.12 bits per heavy atom. The lowest BCUT2D eigenvalue weighted by molar-refractivity contribution is 0.106. The number of benzene rings is 1. The summed E-state index contributed by atoms with van der Waals surface area (Å²) in [6, 6.07) is 9.84. The molecule has 1 aliphatic heterocycles. The van der Waals surface area contributed by atoms with E-state index in [0.717, 1.165) is 25.2 Å². The van der Waals surface area contributed by atoms with Gasteiger partial charge in [-0.05, 0) is 24.5 Å². The molecule has 2 aromatic rings. The summed E-state index contributed by atoms with van der Waals surface area (Å²) in [4.78, 5) is 14.1. The van der Waals surface area contributed by atoms with Gasteiger partial charge in [-0.1, -0.05) is 24.3 Å². The molecule has 0 radical (unpaired) electrons. The number of aliphatic hydroxyl groups excluding tert-OH is 1. The van der Waals surface area contributed by atoms with Gasteiger partial charge < -0.3 is 10.4 Å². The topological polar surface area (TPSA) is 82.4 Å². The number of amides is 2. The Kier molecular flexibility index (Phi) is 5.35. The maximum Gasteiger partial charge on any atom is 0.320 e. The van der Waals surface area contributed by atoms with Crippen molar-refractivity contribution in [2.75, 3.05) is 25.0 Å². The van der Waals surface area contributed by atoms with E-state index in [0.29, 0.717) is 12.4 Å². The number of aliphatic hydroxyl groups is 1. The van der Waals surface area contributed by atoms with Gasteiger partial charge in [0.1, 0.15) is 0 Å². The molecule has 3 rings (SSSR count). The fourth-order valence-corrected chi connectivity index (χ4v) is 3.07. The van der Waals surface area contributed by atoms with Crippen LogP contribution in [-0.2, 0) is 20.0 Å². The van der Waals surface area contributed by atoms with E-state index in [1.165, 1.54) is 11.1 Å². The zero-order valence-electron chi connectivity index (χ0n) is 14.7. The van der Waals surface area contributed by atoms with Crippen molar-refractivity contribution < 1.29 is 9.90 Å². The minimum Gasteiger partial charge on any atom is -0.390 e. The van der Waals surface area contributed by atoms with Gasteiger partial charge in [-0.2, -0.15) is 5.10 Å². The maximum atomic E-state index is 11.9. The lowest BCUT2D eigenvalue weighted by Gasteiger charge is -2.30. The third-order valence-electron chi connectivity index (χ3n) is 4.53. The highest BCUT2D eigenvalue weighted by atomic mass is 16.3. The van der Waals surface area contributed by atoms with Crippen LogP contribution in [0, 0.1) is 6.92 Å². The lowest BCUT2D eigenvalue weighted by Crippen LogP contribution is -2.43. The predicted octanol–water partition coefficient (Wildman–Crippen LogP) is 1.27. The standard InChI is InChI=1S/C18H25N5O2/c1-13-9-17(21-22(13)2)20-18(25)19-10-16(24)12-23-8-7-14-5-3-4-6-15(14)11-23/h3-6,9,16,24H,7-8,10-12H2,1-2H3,(H2,19,20,21,25). The Morgan fingerprint density at radius 1 is 1.36 bits per heavy atom. The lowest BCUT2D eigenvalue weighted by atomic mass is 10.00. The zero-order valence-corrected chi connectivity index (χ0v) is 14.7. The number of anilines is 1. The van der Waals surface area contributed by atoms with Crippen molar-refractivity contribution in [1.29, 1.82) is 0 Å². The van der Waals surface area contributed by atoms with Crippen molar-refractivity contribution in [2.24, 2.45) is 7.05 Å². The molecular formula is C18H25N5O2. The Morgan fingerprint density at radius 3 is 2.84 bits per heavy atom. The number of hydrogen-bond acceptors (Lipinski definition) is 4. The smallest absolute Gasteiger partial charge is 0.320 e. The summed E-state index contributed by atoms with van der Waals surface area (Å²) in [5.74, 6) is 0.500. The highest BCUT2D eigenvalue weighted by Crippen LogP contribution is 2.18. The molecular weight excluding hydrogens is 318 g/mol. The first-order valence-corrected chi connectivity index (χ1v) is 8.54. The predicted molar refractivity (Wildman–Crippen MR) is 96.4 cm³/mol. The van der Waals surface area contributed by atoms with Crippen molar-refractivity contribution in [2.45, 2.75) is 26.0 Å². The zero-order chi connectivity index (χ0) is 17.8. The number of aryl methyl sites for hydroxylation is 2. The molecule has 0 bridgehead atoms. The van der Waals surface area contributed by atoms with E-state index in [2.05, 4.69) is 38.8 Å². The van der Waals surface area contributed by atoms with Crippen molar-refractivity contribution in [3.8, 4) is 0 Å². The number of nitrogens with one attached hydrogen (secondary N) is 2. The van der Waals surface area contributed by atoms with Crippen LogP contribution in [0.2, 0.25) is 0 Å². The summed E-state index contributed by atoms with van der Waals surface area (Å²) in [5, 5.41) is 19.7. The second kappa shape index (κ2) is 7.67. The molecule has 1 unspecified atom stereocenters. The van der Waals surface area contributed by atoms with E-state index in [1.807, 2.05) is 20.0 Å². The molecule has 1 aromatic heterocycles. The van der Waals surface area contributed by atoms with E-state index in [4.69, 9.17) is 0 Å². The molecule has 2 amide bonds. The average molecular weight is 343 g/mol. The van der Waals surface area contributed by atoms with Crippen LogP contribution in [0.5, 0.6) is 0 Å². The van der Waals surface area contributed by atoms with Crippen molar-refractivity contribution in [1.82, 2.24) is 20.0 Å². The van der Waals surface area contributed by atoms with Gasteiger partial charge in [-0.15, -0.1) is 0 Å². The van der Waals surface area contributed by atoms with Crippen molar-refractivity contribution in [3.63, 3.8) is 0 Å². The van der Waals surface area contributed by atoms with Gasteiger partial charge >= 0.3 is 6.03 Å². The van der Waals surface area contributed by atoms with E-state index in [-0.39, 0.29) is 12.6 Å². The SMILES string of the molecule is Cc1cc(NC(=O)NCC(O)CN2CCc3ccccc3C2)nn1C. The van der Waals surface area contributed by atoms with Crippen LogP contribution in [0.4, 0.5) is 10.6 Å². The second-order valence-corrected chi connectivity index (χ2v) is 6.54. The van der Waals surface area contributed by atoms with Crippen LogP contribution in [0.15, 0.2) is 30.3 Å². The number of carbonyl (C=O) groups excluding carboxylic acids is 1. The number of aromatic nitrogens is 2. The monoisotopic (exact) mass is 343 g/mol. The first-order chi connectivity index (χ1) is 12.0. The van der Waals surface area contributed by atoms with Gasteiger partial charge in [0.25, 0.3) is 0 Å². The first kappa shape index (κ1) is 17.4. The Balaban J connectivity index is 1.42. The van der Waals surface area contributed by atoms with Crippen molar-refractivity contribution >= 4 is 11.8 Å². The molecule has 0 aliphatic carbocycles. The molecule has 0 saturated heterocycles. The third-order valence-corrected chi connectivity index (χ3v) is 4.53. The number of fused-ring (bicyclic) bond motifs is 1. The fraction of sp³-hybridized carbons (Fsp3) is 0.444. The average Bonchev–Trinajstić information content (AvgIpc) is 2.90. The fourth-order valence-electron chi connectivity index (χ4n) is 3.07. The molecule has 25 heavy (non-hydrogen) atoms. The molecule has 1 atom stereocenters. The van der Waals surface area contributed by atoms with Crippen LogP contribution >= 0.6 is 0 Å². The number of carbonyl (C=O) groups is 1. The largest absolute Gasteiger partial charge is 0.390 e. The summed E-state index contributed by atoms with van der Waals surface area (Å²) < 4.78 is 1.69. The van der Waals surface area contributed by atoms with Gasteiger partial charge in [0.15, 0.2) is 5.82 Å². The van der Waals surface area contributed by atoms with Gasteiger partial charge in [0.05, 0.1) is 6.10 Å². The molecule has 2 heterocycles. The van der Waals surface area contributed by atoms with E-state index in [9.17, 15) is 9.90 Å². The molecule has 0 spiro atoms. The molecule has 1 aliphatic rings. The van der Waals surface area contributed by atoms with Gasteiger partial charge in [0.2, 0.25) is 0 Å². The van der Waals surface area contributed by atoms with Crippen LogP contribution in [-0.4, -0.2) is 51.6 Å². The number of nitrogens with zero attached hydrogens (tertiary/aromatic N) is 3. The highest BCUT2D eigenvalue weighted by Gasteiger charge is 2.18. The molecule has 7 nitrogen and oxygen atoms in total. The van der Waals surface area contributed by atoms with Crippen LogP contribution < -0.4 is 10.6 Å². The van der Waals surface area contributed by atoms with E-state index >= 15 is 0 Å². The van der Waals surface area contributed by atoms with Crippen LogP contribution in [0.1, 0.15) is 16.8 Å². The minimum absolute atomic E-state index is 0.204. The normalized spacial score (nSPS) is 15.5. The number of urea groups is 1. The number of rotatable bonds is 5. The van der Waals surface area contributed by atoms with Crippen LogP contribution in [0.25, 0.3) is 0 Å². The summed E-state index contributed by atoms with van der Waals surface area (Å²) in [5.41, 5.74) is 3.66. The van der Waals surface area contributed by atoms with Crippen LogP contribution in [0.3, 0.4) is 0 Å². The maximum absolute atomic E-state index is 11.9. The van der Waals surface area contributed by atoms with Gasteiger partial charge in [-0.3, -0.25) is 14.9 Å².